The number of Topliss-reactive ketones (excluding diaryl/α,β-unsaturated/α-hetero) is 1. The van der Waals surface area contributed by atoms with Crippen LogP contribution in [-0.4, -0.2) is 39.8 Å². The lowest BCUT2D eigenvalue weighted by atomic mass is 9.45. The zero-order chi connectivity index (χ0) is 18.9. The Labute approximate surface area is 153 Å². The molecule has 2 N–H and O–H groups in total. The van der Waals surface area contributed by atoms with Gasteiger partial charge in [-0.25, -0.2) is 0 Å². The quantitative estimate of drug-likeness (QED) is 0.580. The van der Waals surface area contributed by atoms with Crippen molar-refractivity contribution in [3.63, 3.8) is 0 Å². The number of rotatable bonds is 2. The van der Waals surface area contributed by atoms with Gasteiger partial charge in [0.1, 0.15) is 5.60 Å². The van der Waals surface area contributed by atoms with Gasteiger partial charge in [0.05, 0.1) is 6.10 Å². The van der Waals surface area contributed by atoms with Crippen LogP contribution >= 0.6 is 0 Å². The van der Waals surface area contributed by atoms with E-state index in [4.69, 9.17) is 0 Å². The summed E-state index contributed by atoms with van der Waals surface area (Å²) in [6, 6.07) is 0. The standard InChI is InChI=1S/C21H28O5/c1-19-7-5-13(23)9-12(19)3-4-14-15-6-8-21(26,17(25)11-22)20(15,2)10-16(24)18(14)19/h9,11,14-16,18,24,26H,3-8,10H2,1-2H3. The van der Waals surface area contributed by atoms with Crippen molar-refractivity contribution in [1.29, 1.82) is 0 Å². The summed E-state index contributed by atoms with van der Waals surface area (Å²) < 4.78 is 0. The molecule has 0 heterocycles. The highest BCUT2D eigenvalue weighted by Crippen LogP contribution is 2.67. The summed E-state index contributed by atoms with van der Waals surface area (Å²) in [6.07, 6.45) is 5.68. The third-order valence-corrected chi connectivity index (χ3v) is 8.56. The summed E-state index contributed by atoms with van der Waals surface area (Å²) in [4.78, 5) is 35.3. The third kappa shape index (κ3) is 2.07. The number of aldehydes is 1. The van der Waals surface area contributed by atoms with Crippen LogP contribution in [0.25, 0.3) is 0 Å². The van der Waals surface area contributed by atoms with E-state index in [2.05, 4.69) is 6.92 Å². The first-order valence-corrected chi connectivity index (χ1v) is 9.81. The summed E-state index contributed by atoms with van der Waals surface area (Å²) in [5.74, 6) is -0.215. The van der Waals surface area contributed by atoms with Gasteiger partial charge in [-0.2, -0.15) is 0 Å². The summed E-state index contributed by atoms with van der Waals surface area (Å²) in [5.41, 5.74) is -1.46. The fourth-order valence-electron chi connectivity index (χ4n) is 7.19. The molecule has 0 amide bonds. The van der Waals surface area contributed by atoms with Crippen LogP contribution < -0.4 is 0 Å². The second-order valence-electron chi connectivity index (χ2n) is 9.46. The van der Waals surface area contributed by atoms with E-state index in [1.807, 2.05) is 6.92 Å². The SMILES string of the molecule is CC12CCC(=O)C=C1CCC1C2C(O)CC2(C)C1CCC2(O)C(=O)C=O. The van der Waals surface area contributed by atoms with E-state index in [9.17, 15) is 24.6 Å². The van der Waals surface area contributed by atoms with E-state index in [0.717, 1.165) is 24.8 Å². The number of aliphatic hydroxyl groups excluding tert-OH is 1. The monoisotopic (exact) mass is 360 g/mol. The zero-order valence-electron chi connectivity index (χ0n) is 15.5. The Hall–Kier alpha value is -1.33. The van der Waals surface area contributed by atoms with Gasteiger partial charge in [0, 0.05) is 11.8 Å². The Bertz CT molecular complexity index is 711. The minimum absolute atomic E-state index is 0.0439. The van der Waals surface area contributed by atoms with Gasteiger partial charge in [-0.1, -0.05) is 19.4 Å². The maximum atomic E-state index is 12.2. The highest BCUT2D eigenvalue weighted by molar-refractivity contribution is 6.29. The maximum Gasteiger partial charge on any atom is 0.227 e. The molecule has 4 aliphatic carbocycles. The molecular weight excluding hydrogens is 332 g/mol. The molecule has 0 aromatic carbocycles. The van der Waals surface area contributed by atoms with Gasteiger partial charge in [0.25, 0.3) is 0 Å². The molecular formula is C21H28O5. The normalized spacial score (nSPS) is 50.3. The Morgan fingerprint density at radius 3 is 2.65 bits per heavy atom. The molecule has 3 fully saturated rings. The number of allylic oxidation sites excluding steroid dienone is 1. The average Bonchev–Trinajstić information content (AvgIpc) is 2.86. The van der Waals surface area contributed by atoms with Crippen LogP contribution in [0.15, 0.2) is 11.6 Å². The number of hydrogen-bond donors (Lipinski definition) is 2. The minimum atomic E-state index is -1.66. The number of carbonyl (C=O) groups excluding carboxylic acids is 3. The molecule has 7 atom stereocenters. The highest BCUT2D eigenvalue weighted by atomic mass is 16.3. The highest BCUT2D eigenvalue weighted by Gasteiger charge is 2.68. The van der Waals surface area contributed by atoms with Crippen LogP contribution in [0.1, 0.15) is 58.8 Å². The van der Waals surface area contributed by atoms with Crippen molar-refractivity contribution >= 4 is 17.9 Å². The molecule has 3 saturated carbocycles. The second kappa shape index (κ2) is 5.59. The van der Waals surface area contributed by atoms with Crippen molar-refractivity contribution in [2.45, 2.75) is 70.5 Å². The first-order valence-electron chi connectivity index (χ1n) is 9.81. The van der Waals surface area contributed by atoms with Crippen LogP contribution in [-0.2, 0) is 14.4 Å². The van der Waals surface area contributed by atoms with Crippen molar-refractivity contribution in [3.8, 4) is 0 Å². The van der Waals surface area contributed by atoms with E-state index in [1.54, 1.807) is 6.08 Å². The molecule has 0 saturated heterocycles. The van der Waals surface area contributed by atoms with Gasteiger partial charge in [-0.05, 0) is 67.8 Å². The predicted octanol–water partition coefficient (Wildman–Crippen LogP) is 1.99. The van der Waals surface area contributed by atoms with Crippen LogP contribution in [0.3, 0.4) is 0 Å². The lowest BCUT2D eigenvalue weighted by molar-refractivity contribution is -0.180. The van der Waals surface area contributed by atoms with E-state index in [1.165, 1.54) is 0 Å². The number of ketones is 2. The topological polar surface area (TPSA) is 91.7 Å². The van der Waals surface area contributed by atoms with Crippen molar-refractivity contribution < 1.29 is 24.6 Å². The smallest absolute Gasteiger partial charge is 0.227 e. The zero-order valence-corrected chi connectivity index (χ0v) is 15.5. The molecule has 4 aliphatic rings. The fraction of sp³-hybridized carbons (Fsp3) is 0.762. The molecule has 26 heavy (non-hydrogen) atoms. The summed E-state index contributed by atoms with van der Waals surface area (Å²) >= 11 is 0. The lowest BCUT2D eigenvalue weighted by Gasteiger charge is -2.60. The molecule has 142 valence electrons. The number of carbonyl (C=O) groups is 3. The average molecular weight is 360 g/mol. The molecule has 5 heteroatoms. The van der Waals surface area contributed by atoms with Gasteiger partial charge in [0.2, 0.25) is 5.78 Å². The Kier molecular flexibility index (Phi) is 3.88. The summed E-state index contributed by atoms with van der Waals surface area (Å²) in [5, 5.41) is 22.3. The Morgan fingerprint density at radius 2 is 1.96 bits per heavy atom. The largest absolute Gasteiger partial charge is 0.393 e. The van der Waals surface area contributed by atoms with E-state index in [0.29, 0.717) is 25.7 Å². The van der Waals surface area contributed by atoms with E-state index >= 15 is 0 Å². The van der Waals surface area contributed by atoms with Crippen LogP contribution in [0.2, 0.25) is 0 Å². The second-order valence-corrected chi connectivity index (χ2v) is 9.46. The van der Waals surface area contributed by atoms with Crippen molar-refractivity contribution in [3.05, 3.63) is 11.6 Å². The Balaban J connectivity index is 1.75. The van der Waals surface area contributed by atoms with Crippen LogP contribution in [0.4, 0.5) is 0 Å². The molecule has 7 unspecified atom stereocenters. The molecule has 5 nitrogen and oxygen atoms in total. The number of aliphatic hydroxyl groups is 2. The van der Waals surface area contributed by atoms with Crippen molar-refractivity contribution in [1.82, 2.24) is 0 Å². The van der Waals surface area contributed by atoms with Crippen LogP contribution in [0.5, 0.6) is 0 Å². The molecule has 0 aliphatic heterocycles. The first kappa shape index (κ1) is 18.1. The molecule has 0 aromatic heterocycles. The minimum Gasteiger partial charge on any atom is -0.393 e. The predicted molar refractivity (Wildman–Crippen MR) is 94.1 cm³/mol. The van der Waals surface area contributed by atoms with Gasteiger partial charge >= 0.3 is 0 Å². The van der Waals surface area contributed by atoms with Crippen molar-refractivity contribution in [2.75, 3.05) is 0 Å². The van der Waals surface area contributed by atoms with Gasteiger partial charge in [0.15, 0.2) is 12.1 Å². The van der Waals surface area contributed by atoms with E-state index < -0.39 is 22.9 Å². The van der Waals surface area contributed by atoms with Crippen LogP contribution in [0, 0.1) is 28.6 Å². The number of fused-ring (bicyclic) bond motifs is 5. The summed E-state index contributed by atoms with van der Waals surface area (Å²) in [6.45, 7) is 4.05. The first-order chi connectivity index (χ1) is 12.2. The fourth-order valence-corrected chi connectivity index (χ4v) is 7.19. The molecule has 0 spiro atoms. The molecule has 0 bridgehead atoms. The van der Waals surface area contributed by atoms with E-state index in [-0.39, 0.29) is 35.2 Å². The lowest BCUT2D eigenvalue weighted by Crippen LogP contribution is -2.61. The molecule has 0 aromatic rings. The van der Waals surface area contributed by atoms with Gasteiger partial charge in [-0.15, -0.1) is 0 Å². The molecule has 4 rings (SSSR count). The van der Waals surface area contributed by atoms with Gasteiger partial charge in [-0.3, -0.25) is 14.4 Å². The number of hydrogen-bond acceptors (Lipinski definition) is 5. The molecule has 0 radical (unpaired) electrons. The maximum absolute atomic E-state index is 12.2. The van der Waals surface area contributed by atoms with Gasteiger partial charge < -0.3 is 10.2 Å². The Morgan fingerprint density at radius 1 is 1.23 bits per heavy atom. The summed E-state index contributed by atoms with van der Waals surface area (Å²) in [7, 11) is 0. The van der Waals surface area contributed by atoms with Crippen molar-refractivity contribution in [2.24, 2.45) is 28.6 Å². The third-order valence-electron chi connectivity index (χ3n) is 8.56.